The van der Waals surface area contributed by atoms with Crippen LogP contribution in [-0.2, 0) is 12.8 Å². The van der Waals surface area contributed by atoms with Crippen molar-refractivity contribution in [3.63, 3.8) is 0 Å². The largest absolute Gasteiger partial charge is 0.328 e. The molecule has 76 valence electrons. The number of hydrogen-bond acceptors (Lipinski definition) is 1. The van der Waals surface area contributed by atoms with Gasteiger partial charge in [0.15, 0.2) is 5.69 Å². The molecule has 0 bridgehead atoms. The number of aromatic nitrogens is 2. The minimum Gasteiger partial charge on any atom is -0.200 e. The fraction of sp³-hybridized carbons (Fsp3) is 0.385. The zero-order valence-electron chi connectivity index (χ0n) is 9.03. The molecule has 1 aliphatic rings. The lowest BCUT2D eigenvalue weighted by atomic mass is 9.94. The summed E-state index contributed by atoms with van der Waals surface area (Å²) in [4.78, 5) is 4.65. The Kier molecular flexibility index (Phi) is 1.94. The van der Waals surface area contributed by atoms with Gasteiger partial charge in [0.25, 0.3) is 0 Å². The summed E-state index contributed by atoms with van der Waals surface area (Å²) in [5, 5.41) is 0. The maximum atomic E-state index is 4.65. The Bertz CT molecular complexity index is 517. The van der Waals surface area contributed by atoms with Crippen LogP contribution in [0.4, 0.5) is 0 Å². The molecule has 15 heavy (non-hydrogen) atoms. The summed E-state index contributed by atoms with van der Waals surface area (Å²) in [6.45, 7) is 2.14. The third kappa shape index (κ3) is 1.32. The molecule has 0 fully saturated rings. The van der Waals surface area contributed by atoms with Crippen molar-refractivity contribution < 1.29 is 4.40 Å². The predicted molar refractivity (Wildman–Crippen MR) is 58.8 cm³/mol. The summed E-state index contributed by atoms with van der Waals surface area (Å²) in [5.41, 5.74) is 5.25. The van der Waals surface area contributed by atoms with E-state index in [1.165, 1.54) is 42.6 Å². The second kappa shape index (κ2) is 3.30. The zero-order valence-corrected chi connectivity index (χ0v) is 9.03. The molecule has 0 amide bonds. The van der Waals surface area contributed by atoms with Crippen LogP contribution < -0.4 is 4.40 Å². The lowest BCUT2D eigenvalue weighted by Gasteiger charge is -2.14. The van der Waals surface area contributed by atoms with E-state index in [9.17, 15) is 0 Å². The zero-order chi connectivity index (χ0) is 10.3. The van der Waals surface area contributed by atoms with Crippen molar-refractivity contribution in [2.24, 2.45) is 0 Å². The Morgan fingerprint density at radius 2 is 2.07 bits per heavy atom. The first kappa shape index (κ1) is 8.84. The van der Waals surface area contributed by atoms with Gasteiger partial charge < -0.3 is 0 Å². The van der Waals surface area contributed by atoms with Gasteiger partial charge in [-0.1, -0.05) is 6.07 Å². The van der Waals surface area contributed by atoms with E-state index in [0.717, 1.165) is 5.65 Å². The number of rotatable bonds is 0. The molecular weight excluding hydrogens is 184 g/mol. The standard InChI is InChI=1S/C13H15N2/c1-10-11-6-2-3-7-12(11)15-9-5-4-8-13(15)14-10/h4-5,8-9H,2-3,6-7H2,1H3/q+1. The summed E-state index contributed by atoms with van der Waals surface area (Å²) < 4.78 is 2.25. The first-order chi connectivity index (χ1) is 7.36. The molecule has 2 heterocycles. The van der Waals surface area contributed by atoms with Gasteiger partial charge in [0, 0.05) is 25.0 Å². The third-order valence-electron chi connectivity index (χ3n) is 3.29. The van der Waals surface area contributed by atoms with Crippen molar-refractivity contribution >= 4 is 5.65 Å². The highest BCUT2D eigenvalue weighted by Gasteiger charge is 2.21. The minimum absolute atomic E-state index is 1.08. The van der Waals surface area contributed by atoms with E-state index in [2.05, 4.69) is 40.7 Å². The smallest absolute Gasteiger partial charge is 0.200 e. The molecule has 0 saturated heterocycles. The Hall–Kier alpha value is -1.44. The van der Waals surface area contributed by atoms with E-state index in [4.69, 9.17) is 0 Å². The van der Waals surface area contributed by atoms with E-state index in [-0.39, 0.29) is 0 Å². The molecule has 0 spiro atoms. The van der Waals surface area contributed by atoms with Crippen LogP contribution in [0.25, 0.3) is 5.65 Å². The fourth-order valence-electron chi connectivity index (χ4n) is 2.54. The molecule has 0 unspecified atom stereocenters. The highest BCUT2D eigenvalue weighted by atomic mass is 15.0. The quantitative estimate of drug-likeness (QED) is 0.593. The highest BCUT2D eigenvalue weighted by molar-refractivity contribution is 5.35. The molecule has 0 aromatic carbocycles. The fourth-order valence-corrected chi connectivity index (χ4v) is 2.54. The van der Waals surface area contributed by atoms with Crippen LogP contribution in [0, 0.1) is 6.92 Å². The van der Waals surface area contributed by atoms with Crippen molar-refractivity contribution in [1.82, 2.24) is 4.98 Å². The molecule has 2 nitrogen and oxygen atoms in total. The summed E-state index contributed by atoms with van der Waals surface area (Å²) in [6, 6.07) is 6.22. The lowest BCUT2D eigenvalue weighted by molar-refractivity contribution is -0.525. The molecule has 1 aliphatic carbocycles. The SMILES string of the molecule is Cc1nc2cccc[n+]2c2c1CCCC2. The second-order valence-corrected chi connectivity index (χ2v) is 4.26. The van der Waals surface area contributed by atoms with Gasteiger partial charge in [0.2, 0.25) is 0 Å². The number of aryl methyl sites for hydroxylation is 2. The van der Waals surface area contributed by atoms with Gasteiger partial charge in [0.05, 0.1) is 6.20 Å². The number of hydrogen-bond donors (Lipinski definition) is 0. The summed E-state index contributed by atoms with van der Waals surface area (Å²) in [5.74, 6) is 0. The normalized spacial score (nSPS) is 15.3. The minimum atomic E-state index is 1.08. The number of pyridine rings is 1. The van der Waals surface area contributed by atoms with E-state index in [1.54, 1.807) is 0 Å². The average Bonchev–Trinajstić information content (AvgIpc) is 2.30. The summed E-state index contributed by atoms with van der Waals surface area (Å²) >= 11 is 0. The first-order valence-corrected chi connectivity index (χ1v) is 5.65. The maximum absolute atomic E-state index is 4.65. The van der Waals surface area contributed by atoms with Crippen LogP contribution >= 0.6 is 0 Å². The molecule has 3 rings (SSSR count). The molecule has 0 aliphatic heterocycles. The monoisotopic (exact) mass is 199 g/mol. The van der Waals surface area contributed by atoms with Crippen LogP contribution in [0.2, 0.25) is 0 Å². The topological polar surface area (TPSA) is 17.0 Å². The van der Waals surface area contributed by atoms with Crippen molar-refractivity contribution in [3.8, 4) is 0 Å². The van der Waals surface area contributed by atoms with Crippen LogP contribution in [-0.4, -0.2) is 4.98 Å². The second-order valence-electron chi connectivity index (χ2n) is 4.26. The van der Waals surface area contributed by atoms with E-state index >= 15 is 0 Å². The van der Waals surface area contributed by atoms with Crippen LogP contribution in [0.15, 0.2) is 24.4 Å². The van der Waals surface area contributed by atoms with Gasteiger partial charge in [-0.15, -0.1) is 0 Å². The molecule has 2 aromatic heterocycles. The molecule has 2 aromatic rings. The number of nitrogens with zero attached hydrogens (tertiary/aromatic N) is 2. The van der Waals surface area contributed by atoms with E-state index in [1.807, 2.05) is 0 Å². The maximum Gasteiger partial charge on any atom is 0.328 e. The van der Waals surface area contributed by atoms with Gasteiger partial charge in [-0.3, -0.25) is 0 Å². The summed E-state index contributed by atoms with van der Waals surface area (Å²) in [6.07, 6.45) is 7.16. The van der Waals surface area contributed by atoms with Crippen molar-refractivity contribution in [3.05, 3.63) is 41.3 Å². The Morgan fingerprint density at radius 1 is 1.20 bits per heavy atom. The molecular formula is C13H15N2+. The molecule has 0 saturated carbocycles. The van der Waals surface area contributed by atoms with Crippen LogP contribution in [0.1, 0.15) is 29.8 Å². The van der Waals surface area contributed by atoms with Gasteiger partial charge in [0.1, 0.15) is 5.69 Å². The van der Waals surface area contributed by atoms with Crippen LogP contribution in [0.5, 0.6) is 0 Å². The number of fused-ring (bicyclic) bond motifs is 3. The highest BCUT2D eigenvalue weighted by Crippen LogP contribution is 2.20. The molecule has 0 radical (unpaired) electrons. The Labute approximate surface area is 89.6 Å². The molecule has 0 N–H and O–H groups in total. The van der Waals surface area contributed by atoms with Crippen molar-refractivity contribution in [2.45, 2.75) is 32.6 Å². The Morgan fingerprint density at radius 3 is 3.00 bits per heavy atom. The van der Waals surface area contributed by atoms with Crippen molar-refractivity contribution in [1.29, 1.82) is 0 Å². The average molecular weight is 199 g/mol. The summed E-state index contributed by atoms with van der Waals surface area (Å²) in [7, 11) is 0. The first-order valence-electron chi connectivity index (χ1n) is 5.65. The van der Waals surface area contributed by atoms with E-state index in [0.29, 0.717) is 0 Å². The third-order valence-corrected chi connectivity index (χ3v) is 3.29. The lowest BCUT2D eigenvalue weighted by Crippen LogP contribution is -2.32. The van der Waals surface area contributed by atoms with Gasteiger partial charge in [-0.25, -0.2) is 4.40 Å². The van der Waals surface area contributed by atoms with E-state index < -0.39 is 0 Å². The van der Waals surface area contributed by atoms with Gasteiger partial charge in [-0.2, -0.15) is 0 Å². The Balaban J connectivity index is 2.39. The molecule has 0 atom stereocenters. The van der Waals surface area contributed by atoms with Gasteiger partial charge in [-0.05, 0) is 30.3 Å². The molecule has 2 heteroatoms. The van der Waals surface area contributed by atoms with Crippen molar-refractivity contribution in [2.75, 3.05) is 0 Å². The van der Waals surface area contributed by atoms with Gasteiger partial charge >= 0.3 is 5.65 Å². The van der Waals surface area contributed by atoms with Crippen LogP contribution in [0.3, 0.4) is 0 Å². The predicted octanol–water partition coefficient (Wildman–Crippen LogP) is 2.01.